The summed E-state index contributed by atoms with van der Waals surface area (Å²) in [5.41, 5.74) is 1.27. The average Bonchev–Trinajstić information content (AvgIpc) is 2.48. The topological polar surface area (TPSA) is 24.9 Å². The van der Waals surface area contributed by atoms with Crippen molar-refractivity contribution in [3.8, 4) is 0 Å². The van der Waals surface area contributed by atoms with Crippen molar-refractivity contribution >= 4 is 0 Å². The fourth-order valence-corrected chi connectivity index (χ4v) is 3.79. The summed E-state index contributed by atoms with van der Waals surface area (Å²) in [4.78, 5) is 4.55. The molecule has 1 saturated carbocycles. The number of nitrogens with one attached hydrogen (secondary N) is 1. The molecule has 3 unspecified atom stereocenters. The minimum absolute atomic E-state index is 0.592. The fourth-order valence-electron chi connectivity index (χ4n) is 3.79. The molecule has 2 nitrogen and oxygen atoms in total. The van der Waals surface area contributed by atoms with Crippen molar-refractivity contribution in [2.75, 3.05) is 6.54 Å². The Bertz CT molecular complexity index is 388. The zero-order valence-electron chi connectivity index (χ0n) is 14.0. The van der Waals surface area contributed by atoms with Crippen LogP contribution in [-0.4, -0.2) is 17.6 Å². The molecule has 2 heteroatoms. The molecule has 0 amide bonds. The molecule has 3 atom stereocenters. The summed E-state index contributed by atoms with van der Waals surface area (Å²) in [5, 5.41) is 3.66. The first kappa shape index (κ1) is 16.5. The van der Waals surface area contributed by atoms with Crippen LogP contribution in [0.5, 0.6) is 0 Å². The van der Waals surface area contributed by atoms with Gasteiger partial charge in [-0.2, -0.15) is 0 Å². The molecular weight excluding hydrogens is 256 g/mol. The molecule has 21 heavy (non-hydrogen) atoms. The standard InChI is InChI=1S/C19H32N2/c1-4-7-16-9-10-17(14-21-15(2)3)18(12-16)13-19-8-5-6-11-20-19/h5-6,8,11,15-18,21H,4,7,9-10,12-14H2,1-3H3. The van der Waals surface area contributed by atoms with E-state index in [2.05, 4.69) is 43.2 Å². The predicted molar refractivity (Wildman–Crippen MR) is 90.3 cm³/mol. The van der Waals surface area contributed by atoms with Gasteiger partial charge in [0.15, 0.2) is 0 Å². The third-order valence-electron chi connectivity index (χ3n) is 4.93. The highest BCUT2D eigenvalue weighted by atomic mass is 14.9. The summed E-state index contributed by atoms with van der Waals surface area (Å²) in [7, 11) is 0. The van der Waals surface area contributed by atoms with Crippen LogP contribution in [0.15, 0.2) is 24.4 Å². The molecule has 1 aromatic rings. The highest BCUT2D eigenvalue weighted by molar-refractivity contribution is 5.05. The highest BCUT2D eigenvalue weighted by Crippen LogP contribution is 2.37. The lowest BCUT2D eigenvalue weighted by Gasteiger charge is -2.37. The first-order chi connectivity index (χ1) is 10.2. The minimum Gasteiger partial charge on any atom is -0.314 e. The molecule has 118 valence electrons. The molecule has 0 saturated heterocycles. The molecule has 0 spiro atoms. The number of hydrogen-bond acceptors (Lipinski definition) is 2. The molecule has 0 bridgehead atoms. The van der Waals surface area contributed by atoms with Crippen LogP contribution < -0.4 is 5.32 Å². The van der Waals surface area contributed by atoms with Gasteiger partial charge in [0.25, 0.3) is 0 Å². The van der Waals surface area contributed by atoms with Gasteiger partial charge in [0, 0.05) is 17.9 Å². The van der Waals surface area contributed by atoms with E-state index in [-0.39, 0.29) is 0 Å². The van der Waals surface area contributed by atoms with Crippen molar-refractivity contribution in [3.05, 3.63) is 30.1 Å². The summed E-state index contributed by atoms with van der Waals surface area (Å²) in [5.74, 6) is 2.57. The monoisotopic (exact) mass is 288 g/mol. The molecule has 1 N–H and O–H groups in total. The van der Waals surface area contributed by atoms with Gasteiger partial charge in [0.1, 0.15) is 0 Å². The van der Waals surface area contributed by atoms with Crippen LogP contribution >= 0.6 is 0 Å². The van der Waals surface area contributed by atoms with Gasteiger partial charge in [0.05, 0.1) is 0 Å². The summed E-state index contributed by atoms with van der Waals surface area (Å²) in [6, 6.07) is 6.92. The Morgan fingerprint density at radius 1 is 1.24 bits per heavy atom. The maximum Gasteiger partial charge on any atom is 0.0406 e. The van der Waals surface area contributed by atoms with E-state index in [9.17, 15) is 0 Å². The van der Waals surface area contributed by atoms with Gasteiger partial charge < -0.3 is 5.32 Å². The normalized spacial score (nSPS) is 26.2. The van der Waals surface area contributed by atoms with Crippen LogP contribution in [0.3, 0.4) is 0 Å². The number of rotatable bonds is 7. The van der Waals surface area contributed by atoms with Gasteiger partial charge in [-0.05, 0) is 55.7 Å². The summed E-state index contributed by atoms with van der Waals surface area (Å²) >= 11 is 0. The van der Waals surface area contributed by atoms with Crippen LogP contribution in [0.1, 0.15) is 58.6 Å². The van der Waals surface area contributed by atoms with Crippen molar-refractivity contribution in [1.29, 1.82) is 0 Å². The Hall–Kier alpha value is -0.890. The fraction of sp³-hybridized carbons (Fsp3) is 0.737. The molecule has 0 aliphatic heterocycles. The van der Waals surface area contributed by atoms with E-state index in [0.29, 0.717) is 6.04 Å². The van der Waals surface area contributed by atoms with Crippen molar-refractivity contribution in [2.24, 2.45) is 17.8 Å². The van der Waals surface area contributed by atoms with Crippen molar-refractivity contribution in [3.63, 3.8) is 0 Å². The lowest BCUT2D eigenvalue weighted by Crippen LogP contribution is -2.36. The Morgan fingerprint density at radius 3 is 2.76 bits per heavy atom. The second-order valence-corrected chi connectivity index (χ2v) is 7.08. The molecule has 1 aliphatic rings. The van der Waals surface area contributed by atoms with Crippen LogP contribution in [-0.2, 0) is 6.42 Å². The number of nitrogens with zero attached hydrogens (tertiary/aromatic N) is 1. The van der Waals surface area contributed by atoms with Gasteiger partial charge in [-0.3, -0.25) is 4.98 Å². The van der Waals surface area contributed by atoms with Gasteiger partial charge in [-0.25, -0.2) is 0 Å². The third-order valence-corrected chi connectivity index (χ3v) is 4.93. The Labute approximate surface area is 130 Å². The molecule has 1 heterocycles. The van der Waals surface area contributed by atoms with Crippen LogP contribution in [0, 0.1) is 17.8 Å². The lowest BCUT2D eigenvalue weighted by atomic mass is 9.71. The SMILES string of the molecule is CCCC1CCC(CNC(C)C)C(Cc2ccccn2)C1. The molecule has 1 aliphatic carbocycles. The maximum absolute atomic E-state index is 4.55. The van der Waals surface area contributed by atoms with Crippen LogP contribution in [0.25, 0.3) is 0 Å². The molecule has 0 aromatic carbocycles. The van der Waals surface area contributed by atoms with E-state index in [0.717, 1.165) is 24.2 Å². The molecule has 0 radical (unpaired) electrons. The van der Waals surface area contributed by atoms with E-state index >= 15 is 0 Å². The summed E-state index contributed by atoms with van der Waals surface area (Å²) in [6.45, 7) is 7.99. The van der Waals surface area contributed by atoms with E-state index in [4.69, 9.17) is 0 Å². The molecule has 1 fully saturated rings. The predicted octanol–water partition coefficient (Wildman–Crippen LogP) is 4.45. The summed E-state index contributed by atoms with van der Waals surface area (Å²) < 4.78 is 0. The molecular formula is C19H32N2. The lowest BCUT2D eigenvalue weighted by molar-refractivity contribution is 0.164. The number of pyridine rings is 1. The second-order valence-electron chi connectivity index (χ2n) is 7.08. The summed E-state index contributed by atoms with van der Waals surface area (Å²) in [6.07, 6.45) is 10.0. The van der Waals surface area contributed by atoms with Crippen LogP contribution in [0.4, 0.5) is 0 Å². The molecule has 2 rings (SSSR count). The van der Waals surface area contributed by atoms with Crippen molar-refractivity contribution in [2.45, 2.75) is 65.3 Å². The van der Waals surface area contributed by atoms with Crippen molar-refractivity contribution in [1.82, 2.24) is 10.3 Å². The highest BCUT2D eigenvalue weighted by Gasteiger charge is 2.30. The maximum atomic E-state index is 4.55. The quantitative estimate of drug-likeness (QED) is 0.801. The third kappa shape index (κ3) is 5.43. The van der Waals surface area contributed by atoms with E-state index in [1.54, 1.807) is 0 Å². The van der Waals surface area contributed by atoms with Crippen molar-refractivity contribution < 1.29 is 0 Å². The first-order valence-corrected chi connectivity index (χ1v) is 8.82. The van der Waals surface area contributed by atoms with Gasteiger partial charge in [0.2, 0.25) is 0 Å². The van der Waals surface area contributed by atoms with Crippen LogP contribution in [0.2, 0.25) is 0 Å². The second kappa shape index (κ2) is 8.53. The Balaban J connectivity index is 1.97. The van der Waals surface area contributed by atoms with Gasteiger partial charge in [-0.1, -0.05) is 46.1 Å². The van der Waals surface area contributed by atoms with E-state index < -0.39 is 0 Å². The Kier molecular flexibility index (Phi) is 6.69. The number of aromatic nitrogens is 1. The zero-order valence-corrected chi connectivity index (χ0v) is 14.0. The first-order valence-electron chi connectivity index (χ1n) is 8.82. The zero-order chi connectivity index (χ0) is 15.1. The largest absolute Gasteiger partial charge is 0.314 e. The molecule has 1 aromatic heterocycles. The Morgan fingerprint density at radius 2 is 2.10 bits per heavy atom. The minimum atomic E-state index is 0.592. The van der Waals surface area contributed by atoms with E-state index in [1.807, 2.05) is 12.3 Å². The smallest absolute Gasteiger partial charge is 0.0406 e. The van der Waals surface area contributed by atoms with E-state index in [1.165, 1.54) is 44.3 Å². The average molecular weight is 288 g/mol. The van der Waals surface area contributed by atoms with Gasteiger partial charge >= 0.3 is 0 Å². The number of hydrogen-bond donors (Lipinski definition) is 1. The van der Waals surface area contributed by atoms with Gasteiger partial charge in [-0.15, -0.1) is 0 Å².